The first-order valence-corrected chi connectivity index (χ1v) is 5.14. The normalized spacial score (nSPS) is 11.6. The molecule has 3 N–H and O–H groups in total. The van der Waals surface area contributed by atoms with Crippen molar-refractivity contribution in [3.63, 3.8) is 0 Å². The molecule has 7 nitrogen and oxygen atoms in total. The Balaban J connectivity index is 3.15. The Kier molecular flexibility index (Phi) is 4.37. The van der Waals surface area contributed by atoms with Gasteiger partial charge in [-0.15, -0.1) is 0 Å². The molecule has 0 saturated carbocycles. The molecule has 0 aliphatic carbocycles. The number of nitrogens with zero attached hydrogens (tertiary/aromatic N) is 3. The fourth-order valence-electron chi connectivity index (χ4n) is 1.36. The number of aromatic nitrogens is 1. The monoisotopic (exact) mass is 235 g/mol. The lowest BCUT2D eigenvalue weighted by molar-refractivity contribution is -0.384. The van der Waals surface area contributed by atoms with E-state index in [1.807, 2.05) is 6.92 Å². The van der Waals surface area contributed by atoms with E-state index in [1.165, 1.54) is 12.3 Å². The number of pyridine rings is 1. The topological polar surface area (TPSA) is 118 Å². The molecule has 0 radical (unpaired) electrons. The van der Waals surface area contributed by atoms with Crippen molar-refractivity contribution in [3.05, 3.63) is 27.9 Å². The molecule has 0 amide bonds. The van der Waals surface area contributed by atoms with E-state index in [1.54, 1.807) is 6.07 Å². The summed E-state index contributed by atoms with van der Waals surface area (Å²) >= 11 is 0. The van der Waals surface area contributed by atoms with Crippen LogP contribution in [0.2, 0.25) is 0 Å². The second kappa shape index (κ2) is 5.77. The van der Waals surface area contributed by atoms with Crippen LogP contribution in [0.1, 0.15) is 18.9 Å². The summed E-state index contributed by atoms with van der Waals surface area (Å²) in [5, 5.41) is 22.6. The highest BCUT2D eigenvalue weighted by Crippen LogP contribution is 2.26. The molecule has 0 aliphatic rings. The zero-order chi connectivity index (χ0) is 12.8. The zero-order valence-corrected chi connectivity index (χ0v) is 9.38. The van der Waals surface area contributed by atoms with Crippen LogP contribution in [0.4, 0.5) is 11.5 Å². The molecule has 1 atom stereocenters. The van der Waals surface area contributed by atoms with Crippen molar-refractivity contribution >= 4 is 11.5 Å². The van der Waals surface area contributed by atoms with Crippen LogP contribution < -0.4 is 11.1 Å². The number of hydrogen-bond donors (Lipinski definition) is 2. The zero-order valence-electron chi connectivity index (χ0n) is 9.38. The molecule has 7 heteroatoms. The van der Waals surface area contributed by atoms with Crippen molar-refractivity contribution in [1.29, 1.82) is 5.26 Å². The van der Waals surface area contributed by atoms with Crippen molar-refractivity contribution in [2.45, 2.75) is 19.4 Å². The molecule has 90 valence electrons. The Morgan fingerprint density at radius 3 is 2.94 bits per heavy atom. The third-order valence-electron chi connectivity index (χ3n) is 2.35. The van der Waals surface area contributed by atoms with E-state index in [4.69, 9.17) is 11.0 Å². The van der Waals surface area contributed by atoms with E-state index in [9.17, 15) is 10.1 Å². The molecular formula is C10H13N5O2. The van der Waals surface area contributed by atoms with Crippen LogP contribution >= 0.6 is 0 Å². The van der Waals surface area contributed by atoms with Gasteiger partial charge in [0.2, 0.25) is 5.82 Å². The molecular weight excluding hydrogens is 222 g/mol. The Morgan fingerprint density at radius 1 is 1.76 bits per heavy atom. The maximum absolute atomic E-state index is 10.9. The van der Waals surface area contributed by atoms with Crippen molar-refractivity contribution in [1.82, 2.24) is 4.98 Å². The van der Waals surface area contributed by atoms with Crippen molar-refractivity contribution in [3.8, 4) is 6.07 Å². The number of nitrogens with one attached hydrogen (secondary N) is 1. The van der Waals surface area contributed by atoms with Crippen molar-refractivity contribution in [2.24, 2.45) is 5.73 Å². The van der Waals surface area contributed by atoms with Gasteiger partial charge in [-0.25, -0.2) is 4.98 Å². The SMILES string of the molecule is CCC(CN)Nc1nccc(C#N)c1[N+](=O)[O-]. The van der Waals surface area contributed by atoms with Gasteiger partial charge in [-0.3, -0.25) is 10.1 Å². The van der Waals surface area contributed by atoms with Gasteiger partial charge in [-0.2, -0.15) is 5.26 Å². The lowest BCUT2D eigenvalue weighted by Gasteiger charge is -2.15. The Hall–Kier alpha value is -2.20. The summed E-state index contributed by atoms with van der Waals surface area (Å²) in [6, 6.07) is 2.98. The van der Waals surface area contributed by atoms with Gasteiger partial charge < -0.3 is 11.1 Å². The molecule has 0 fully saturated rings. The fourth-order valence-corrected chi connectivity index (χ4v) is 1.36. The fraction of sp³-hybridized carbons (Fsp3) is 0.400. The molecule has 1 aromatic heterocycles. The summed E-state index contributed by atoms with van der Waals surface area (Å²) < 4.78 is 0. The first-order valence-electron chi connectivity index (χ1n) is 5.14. The largest absolute Gasteiger partial charge is 0.360 e. The van der Waals surface area contributed by atoms with E-state index in [-0.39, 0.29) is 23.1 Å². The molecule has 0 saturated heterocycles. The average molecular weight is 235 g/mol. The van der Waals surface area contributed by atoms with Crippen LogP contribution in [-0.2, 0) is 0 Å². The average Bonchev–Trinajstić information content (AvgIpc) is 2.34. The van der Waals surface area contributed by atoms with Crippen molar-refractivity contribution in [2.75, 3.05) is 11.9 Å². The molecule has 0 bridgehead atoms. The third-order valence-corrected chi connectivity index (χ3v) is 2.35. The first-order chi connectivity index (χ1) is 8.13. The molecule has 0 aromatic carbocycles. The van der Waals surface area contributed by atoms with Gasteiger partial charge >= 0.3 is 5.69 Å². The molecule has 1 rings (SSSR count). The van der Waals surface area contributed by atoms with Gasteiger partial charge in [0, 0.05) is 18.8 Å². The Bertz CT molecular complexity index is 450. The summed E-state index contributed by atoms with van der Waals surface area (Å²) in [4.78, 5) is 14.2. The van der Waals surface area contributed by atoms with Gasteiger partial charge in [0.25, 0.3) is 0 Å². The lowest BCUT2D eigenvalue weighted by Crippen LogP contribution is -2.28. The van der Waals surface area contributed by atoms with E-state index in [0.717, 1.165) is 0 Å². The van der Waals surface area contributed by atoms with Crippen LogP contribution in [0, 0.1) is 21.4 Å². The second-order valence-corrected chi connectivity index (χ2v) is 3.41. The summed E-state index contributed by atoms with van der Waals surface area (Å²) in [6.07, 6.45) is 2.07. The number of nitro groups is 1. The predicted octanol–water partition coefficient (Wildman–Crippen LogP) is 1.01. The number of rotatable bonds is 5. The van der Waals surface area contributed by atoms with Crippen LogP contribution in [0.25, 0.3) is 0 Å². The molecule has 0 aliphatic heterocycles. The molecule has 0 spiro atoms. The third kappa shape index (κ3) is 2.89. The second-order valence-electron chi connectivity index (χ2n) is 3.41. The first kappa shape index (κ1) is 12.9. The smallest absolute Gasteiger partial charge is 0.328 e. The lowest BCUT2D eigenvalue weighted by atomic mass is 10.2. The van der Waals surface area contributed by atoms with Crippen LogP contribution in [0.15, 0.2) is 12.3 Å². The van der Waals surface area contributed by atoms with Crippen molar-refractivity contribution < 1.29 is 4.92 Å². The maximum Gasteiger partial charge on any atom is 0.328 e. The number of nitrogens with two attached hydrogens (primary N) is 1. The Morgan fingerprint density at radius 2 is 2.47 bits per heavy atom. The number of nitriles is 1. The van der Waals surface area contributed by atoms with E-state index >= 15 is 0 Å². The van der Waals surface area contributed by atoms with Crippen LogP contribution in [0.3, 0.4) is 0 Å². The summed E-state index contributed by atoms with van der Waals surface area (Å²) in [5.41, 5.74) is 5.18. The van der Waals surface area contributed by atoms with Gasteiger partial charge in [-0.1, -0.05) is 6.92 Å². The highest BCUT2D eigenvalue weighted by Gasteiger charge is 2.22. The summed E-state index contributed by atoms with van der Waals surface area (Å²) in [6.45, 7) is 2.25. The minimum atomic E-state index is -0.614. The summed E-state index contributed by atoms with van der Waals surface area (Å²) in [5.74, 6) is 0.0892. The molecule has 17 heavy (non-hydrogen) atoms. The van der Waals surface area contributed by atoms with Gasteiger partial charge in [0.1, 0.15) is 11.6 Å². The predicted molar refractivity (Wildman–Crippen MR) is 62.4 cm³/mol. The standard InChI is InChI=1S/C10H13N5O2/c1-2-8(6-12)14-10-9(15(16)17)7(5-11)3-4-13-10/h3-4,8H,2,6,12H2,1H3,(H,13,14). The molecule has 1 aromatic rings. The van der Waals surface area contributed by atoms with E-state index in [0.29, 0.717) is 13.0 Å². The van der Waals surface area contributed by atoms with E-state index < -0.39 is 4.92 Å². The number of anilines is 1. The van der Waals surface area contributed by atoms with Gasteiger partial charge in [-0.05, 0) is 12.5 Å². The maximum atomic E-state index is 10.9. The number of hydrogen-bond acceptors (Lipinski definition) is 6. The molecule has 1 unspecified atom stereocenters. The van der Waals surface area contributed by atoms with Gasteiger partial charge in [0.05, 0.1) is 4.92 Å². The van der Waals surface area contributed by atoms with E-state index in [2.05, 4.69) is 10.3 Å². The highest BCUT2D eigenvalue weighted by molar-refractivity contribution is 5.64. The summed E-state index contributed by atoms with van der Waals surface area (Å²) in [7, 11) is 0. The quantitative estimate of drug-likeness (QED) is 0.580. The van der Waals surface area contributed by atoms with Crippen LogP contribution in [-0.4, -0.2) is 22.5 Å². The minimum Gasteiger partial charge on any atom is -0.360 e. The highest BCUT2D eigenvalue weighted by atomic mass is 16.6. The van der Waals surface area contributed by atoms with Gasteiger partial charge in [0.15, 0.2) is 0 Å². The molecule has 1 heterocycles. The van der Waals surface area contributed by atoms with Crippen LogP contribution in [0.5, 0.6) is 0 Å². The Labute approximate surface area is 98.4 Å². The minimum absolute atomic E-state index is 0.0145.